The summed E-state index contributed by atoms with van der Waals surface area (Å²) in [7, 11) is 0. The predicted octanol–water partition coefficient (Wildman–Crippen LogP) is -0.238. The van der Waals surface area contributed by atoms with E-state index in [2.05, 4.69) is 16.3 Å². The lowest BCUT2D eigenvalue weighted by molar-refractivity contribution is -0.138. The lowest BCUT2D eigenvalue weighted by atomic mass is 10.2. The van der Waals surface area contributed by atoms with Crippen molar-refractivity contribution >= 4 is 12.1 Å². The normalized spacial score (nSPS) is 14.8. The Morgan fingerprint density at radius 1 is 1.50 bits per heavy atom. The molecule has 1 aliphatic rings. The summed E-state index contributed by atoms with van der Waals surface area (Å²) in [6.45, 7) is 5.36. The van der Waals surface area contributed by atoms with Crippen molar-refractivity contribution in [3.63, 3.8) is 0 Å². The van der Waals surface area contributed by atoms with Gasteiger partial charge in [0.15, 0.2) is 0 Å². The van der Waals surface area contributed by atoms with Crippen molar-refractivity contribution in [2.24, 2.45) is 0 Å². The highest BCUT2D eigenvalue weighted by Gasteiger charge is 2.18. The molecule has 1 heterocycles. The molecule has 18 heavy (non-hydrogen) atoms. The number of hydrogen-bond donors (Lipinski definition) is 4. The second kappa shape index (κ2) is 5.58. The zero-order valence-electron chi connectivity index (χ0n) is 10.6. The highest BCUT2D eigenvalue weighted by molar-refractivity contribution is 5.69. The number of nitrogens with one attached hydrogen (secondary N) is 3. The van der Waals surface area contributed by atoms with E-state index in [1.807, 2.05) is 0 Å². The largest absolute Gasteiger partial charge is 0.480 e. The number of nitrogens with zero attached hydrogens (tertiary/aromatic N) is 1. The first-order chi connectivity index (χ1) is 8.26. The molecule has 0 fully saturated rings. The van der Waals surface area contributed by atoms with Gasteiger partial charge in [-0.15, -0.1) is 5.53 Å². The van der Waals surface area contributed by atoms with Crippen molar-refractivity contribution in [3.05, 3.63) is 11.9 Å². The minimum Gasteiger partial charge on any atom is -0.480 e. The Labute approximate surface area is 105 Å². The summed E-state index contributed by atoms with van der Waals surface area (Å²) in [6.07, 6.45) is 1.03. The second-order valence-electron chi connectivity index (χ2n) is 4.77. The van der Waals surface area contributed by atoms with Crippen LogP contribution in [-0.2, 0) is 9.53 Å². The highest BCUT2D eigenvalue weighted by atomic mass is 16.6. The van der Waals surface area contributed by atoms with Crippen LogP contribution in [0.1, 0.15) is 20.8 Å². The fourth-order valence-electron chi connectivity index (χ4n) is 1.20. The molecule has 1 rings (SSSR count). The summed E-state index contributed by atoms with van der Waals surface area (Å²) < 4.78 is 5.06. The molecule has 1 aliphatic heterocycles. The third kappa shape index (κ3) is 5.39. The van der Waals surface area contributed by atoms with Gasteiger partial charge in [0.05, 0.1) is 12.2 Å². The number of carboxylic acids is 1. The van der Waals surface area contributed by atoms with E-state index in [0.29, 0.717) is 5.70 Å². The van der Waals surface area contributed by atoms with Crippen LogP contribution < -0.4 is 16.3 Å². The predicted molar refractivity (Wildman–Crippen MR) is 62.9 cm³/mol. The number of carbonyl (C=O) groups is 2. The van der Waals surface area contributed by atoms with Crippen LogP contribution in [0.4, 0.5) is 4.79 Å². The summed E-state index contributed by atoms with van der Waals surface area (Å²) in [4.78, 5) is 21.8. The molecule has 0 saturated heterocycles. The molecule has 0 bridgehead atoms. The van der Waals surface area contributed by atoms with Gasteiger partial charge in [0.25, 0.3) is 0 Å². The molecule has 0 unspecified atom stereocenters. The van der Waals surface area contributed by atoms with Gasteiger partial charge in [0.2, 0.25) is 0 Å². The number of amides is 1. The van der Waals surface area contributed by atoms with Crippen LogP contribution in [0.25, 0.3) is 0 Å². The Morgan fingerprint density at radius 2 is 2.17 bits per heavy atom. The maximum atomic E-state index is 11.4. The van der Waals surface area contributed by atoms with Crippen molar-refractivity contribution in [2.45, 2.75) is 26.4 Å². The Kier molecular flexibility index (Phi) is 4.38. The average Bonchev–Trinajstić information content (AvgIpc) is 2.59. The number of carboxylic acid groups (broad SMARTS) is 1. The number of rotatable bonds is 4. The minimum atomic E-state index is -0.957. The van der Waals surface area contributed by atoms with E-state index in [0.717, 1.165) is 0 Å². The van der Waals surface area contributed by atoms with Crippen molar-refractivity contribution < 1.29 is 19.4 Å². The monoisotopic (exact) mass is 258 g/mol. The molecule has 4 N–H and O–H groups in total. The van der Waals surface area contributed by atoms with Crippen LogP contribution in [-0.4, -0.2) is 40.9 Å². The summed E-state index contributed by atoms with van der Waals surface area (Å²) in [5.74, 6) is -0.957. The smallest absolute Gasteiger partial charge is 0.407 e. The summed E-state index contributed by atoms with van der Waals surface area (Å²) in [5, 5.41) is 12.5. The first-order valence-electron chi connectivity index (χ1n) is 5.44. The Balaban J connectivity index is 2.32. The number of carbonyl (C=O) groups excluding carboxylic acids is 1. The third-order valence-electron chi connectivity index (χ3n) is 1.80. The van der Waals surface area contributed by atoms with Gasteiger partial charge in [-0.3, -0.25) is 9.80 Å². The van der Waals surface area contributed by atoms with Crippen LogP contribution in [0.5, 0.6) is 0 Å². The standard InChI is InChI=1S/C10H18N4O4/c1-10(2,3)18-9(17)11-4-7-5-14(13-12-7)6-8(15)16/h5,12-13H,4,6H2,1-3H3,(H,11,17)(H,15,16). The van der Waals surface area contributed by atoms with Crippen LogP contribution >= 0.6 is 0 Å². The Morgan fingerprint density at radius 3 is 2.72 bits per heavy atom. The topological polar surface area (TPSA) is 103 Å². The van der Waals surface area contributed by atoms with E-state index in [1.165, 1.54) is 5.01 Å². The second-order valence-corrected chi connectivity index (χ2v) is 4.77. The maximum Gasteiger partial charge on any atom is 0.407 e. The van der Waals surface area contributed by atoms with E-state index in [-0.39, 0.29) is 13.1 Å². The molecule has 8 heteroatoms. The summed E-state index contributed by atoms with van der Waals surface area (Å²) in [6, 6.07) is 0. The van der Waals surface area contributed by atoms with Crippen LogP contribution in [0, 0.1) is 0 Å². The van der Waals surface area contributed by atoms with E-state index in [1.54, 1.807) is 27.0 Å². The van der Waals surface area contributed by atoms with Gasteiger partial charge in [-0.2, -0.15) is 0 Å². The molecule has 102 valence electrons. The van der Waals surface area contributed by atoms with Crippen LogP contribution in [0.2, 0.25) is 0 Å². The maximum absolute atomic E-state index is 11.4. The van der Waals surface area contributed by atoms with E-state index in [9.17, 15) is 9.59 Å². The number of aliphatic carboxylic acids is 1. The molecule has 0 saturated carbocycles. The molecule has 0 aromatic carbocycles. The fourth-order valence-corrected chi connectivity index (χ4v) is 1.20. The van der Waals surface area contributed by atoms with E-state index < -0.39 is 17.7 Å². The van der Waals surface area contributed by atoms with Gasteiger partial charge < -0.3 is 20.6 Å². The van der Waals surface area contributed by atoms with Crippen LogP contribution in [0.3, 0.4) is 0 Å². The van der Waals surface area contributed by atoms with Gasteiger partial charge in [-0.25, -0.2) is 4.79 Å². The average molecular weight is 258 g/mol. The molecular weight excluding hydrogens is 240 g/mol. The first-order valence-corrected chi connectivity index (χ1v) is 5.44. The van der Waals surface area contributed by atoms with Crippen molar-refractivity contribution in [3.8, 4) is 0 Å². The lowest BCUT2D eigenvalue weighted by Crippen LogP contribution is -2.40. The first kappa shape index (κ1) is 14.1. The Hall–Kier alpha value is -1.96. The van der Waals surface area contributed by atoms with Gasteiger partial charge in [0.1, 0.15) is 12.1 Å². The zero-order valence-corrected chi connectivity index (χ0v) is 10.6. The van der Waals surface area contributed by atoms with Crippen molar-refractivity contribution in [1.29, 1.82) is 0 Å². The highest BCUT2D eigenvalue weighted by Crippen LogP contribution is 2.06. The zero-order chi connectivity index (χ0) is 13.8. The SMILES string of the molecule is CC(C)(C)OC(=O)NCC1=CN(CC(=O)O)NN1. The molecule has 1 amide bonds. The Bertz CT molecular complexity index is 361. The van der Waals surface area contributed by atoms with E-state index in [4.69, 9.17) is 9.84 Å². The number of ether oxygens (including phenoxy) is 1. The molecule has 0 aromatic heterocycles. The van der Waals surface area contributed by atoms with Gasteiger partial charge in [0, 0.05) is 6.20 Å². The van der Waals surface area contributed by atoms with E-state index >= 15 is 0 Å². The summed E-state index contributed by atoms with van der Waals surface area (Å²) >= 11 is 0. The molecule has 0 aromatic rings. The molecule has 0 radical (unpaired) electrons. The third-order valence-corrected chi connectivity index (χ3v) is 1.80. The van der Waals surface area contributed by atoms with Crippen molar-refractivity contribution in [1.82, 2.24) is 21.3 Å². The number of hydrogen-bond acceptors (Lipinski definition) is 6. The quantitative estimate of drug-likeness (QED) is 0.552. The fraction of sp³-hybridized carbons (Fsp3) is 0.600. The molecule has 0 atom stereocenters. The summed E-state index contributed by atoms with van der Waals surface area (Å²) in [5.41, 5.74) is 5.46. The number of alkyl carbamates (subject to hydrolysis) is 1. The molecule has 0 aliphatic carbocycles. The van der Waals surface area contributed by atoms with Gasteiger partial charge in [-0.05, 0) is 20.8 Å². The van der Waals surface area contributed by atoms with Gasteiger partial charge >= 0.3 is 12.1 Å². The minimum absolute atomic E-state index is 0.178. The molecular formula is C10H18N4O4. The van der Waals surface area contributed by atoms with Crippen LogP contribution in [0.15, 0.2) is 11.9 Å². The lowest BCUT2D eigenvalue weighted by Gasteiger charge is -2.19. The van der Waals surface area contributed by atoms with Crippen molar-refractivity contribution in [2.75, 3.05) is 13.1 Å². The molecule has 0 spiro atoms. The molecule has 8 nitrogen and oxygen atoms in total. The number of hydrazine groups is 2. The van der Waals surface area contributed by atoms with Gasteiger partial charge in [-0.1, -0.05) is 0 Å².